The maximum absolute atomic E-state index is 10.2. The van der Waals surface area contributed by atoms with Crippen molar-refractivity contribution in [2.24, 2.45) is 5.73 Å². The summed E-state index contributed by atoms with van der Waals surface area (Å²) < 4.78 is 0. The second kappa shape index (κ2) is 4.49. The molecule has 0 aliphatic carbocycles. The van der Waals surface area contributed by atoms with Crippen LogP contribution in [0.4, 0.5) is 0 Å². The number of carbonyl (C=O) groups is 1. The van der Waals surface area contributed by atoms with Crippen molar-refractivity contribution in [1.82, 2.24) is 0 Å². The van der Waals surface area contributed by atoms with Gasteiger partial charge in [0.1, 0.15) is 6.10 Å². The van der Waals surface area contributed by atoms with Crippen LogP contribution in [0.5, 0.6) is 0 Å². The molecule has 0 aromatic rings. The van der Waals surface area contributed by atoms with E-state index >= 15 is 0 Å². The topological polar surface area (TPSA) is 144 Å². The zero-order chi connectivity index (χ0) is 10.6. The average molecular weight is 195 g/mol. The maximum atomic E-state index is 10.2. The van der Waals surface area contributed by atoms with Crippen LogP contribution >= 0.6 is 0 Å². The van der Waals surface area contributed by atoms with Crippen LogP contribution in [0.2, 0.25) is 0 Å². The standard InChI is InChI=1S/C6H13NO6/c7-6(13,5(11)12)1-3(9)4(10)2-8/h3-4,8-10,13H,1-2,7H2,(H,11,12)/t3?,4?,6-/m1/s1. The van der Waals surface area contributed by atoms with Crippen molar-refractivity contribution in [1.29, 1.82) is 0 Å². The number of nitrogens with two attached hydrogens (primary N) is 1. The zero-order valence-electron chi connectivity index (χ0n) is 6.79. The van der Waals surface area contributed by atoms with Gasteiger partial charge in [-0.15, -0.1) is 0 Å². The van der Waals surface area contributed by atoms with Crippen LogP contribution in [-0.4, -0.2) is 56.0 Å². The van der Waals surface area contributed by atoms with Crippen molar-refractivity contribution in [2.45, 2.75) is 24.4 Å². The molecule has 0 amide bonds. The van der Waals surface area contributed by atoms with Gasteiger partial charge in [0.05, 0.1) is 12.7 Å². The normalized spacial score (nSPS) is 20.4. The molecule has 2 unspecified atom stereocenters. The highest BCUT2D eigenvalue weighted by molar-refractivity contribution is 5.76. The van der Waals surface area contributed by atoms with Crippen LogP contribution in [0.3, 0.4) is 0 Å². The Morgan fingerprint density at radius 2 is 1.85 bits per heavy atom. The fourth-order valence-electron chi connectivity index (χ4n) is 0.664. The minimum atomic E-state index is -2.60. The third-order valence-corrected chi connectivity index (χ3v) is 1.52. The second-order valence-electron chi connectivity index (χ2n) is 2.75. The van der Waals surface area contributed by atoms with Crippen molar-refractivity contribution >= 4 is 5.97 Å². The van der Waals surface area contributed by atoms with Gasteiger partial charge in [0.15, 0.2) is 0 Å². The van der Waals surface area contributed by atoms with E-state index in [0.29, 0.717) is 0 Å². The minimum Gasteiger partial charge on any atom is -0.478 e. The summed E-state index contributed by atoms with van der Waals surface area (Å²) >= 11 is 0. The summed E-state index contributed by atoms with van der Waals surface area (Å²) in [7, 11) is 0. The monoisotopic (exact) mass is 195 g/mol. The minimum absolute atomic E-state index is 0.739. The highest BCUT2D eigenvalue weighted by Crippen LogP contribution is 2.09. The SMILES string of the molecule is N[C@@](O)(CC(O)C(O)CO)C(=O)O. The van der Waals surface area contributed by atoms with Crippen molar-refractivity contribution in [3.8, 4) is 0 Å². The van der Waals surface area contributed by atoms with Crippen molar-refractivity contribution in [2.75, 3.05) is 6.61 Å². The van der Waals surface area contributed by atoms with Gasteiger partial charge in [-0.1, -0.05) is 0 Å². The molecule has 0 aliphatic rings. The van der Waals surface area contributed by atoms with Gasteiger partial charge in [-0.25, -0.2) is 4.79 Å². The first-order valence-corrected chi connectivity index (χ1v) is 3.53. The van der Waals surface area contributed by atoms with Crippen LogP contribution in [0.25, 0.3) is 0 Å². The molecule has 0 bridgehead atoms. The summed E-state index contributed by atoms with van der Waals surface area (Å²) in [5.74, 6) is -1.71. The average Bonchev–Trinajstić information content (AvgIpc) is 2.01. The van der Waals surface area contributed by atoms with Gasteiger partial charge in [-0.05, 0) is 0 Å². The lowest BCUT2D eigenvalue weighted by molar-refractivity contribution is -0.163. The molecule has 0 rings (SSSR count). The number of hydrogen-bond donors (Lipinski definition) is 6. The summed E-state index contributed by atoms with van der Waals surface area (Å²) in [5.41, 5.74) is 2.25. The number of aliphatic hydroxyl groups is 4. The van der Waals surface area contributed by atoms with Crippen molar-refractivity contribution in [3.05, 3.63) is 0 Å². The molecule has 0 spiro atoms. The van der Waals surface area contributed by atoms with E-state index in [2.05, 4.69) is 0 Å². The molecule has 0 saturated carbocycles. The molecule has 7 heteroatoms. The van der Waals surface area contributed by atoms with Crippen molar-refractivity contribution < 1.29 is 30.3 Å². The largest absolute Gasteiger partial charge is 0.478 e. The Labute approximate surface area is 74.0 Å². The first kappa shape index (κ1) is 12.3. The molecule has 0 heterocycles. The van der Waals surface area contributed by atoms with Crippen LogP contribution in [0, 0.1) is 0 Å². The third kappa shape index (κ3) is 3.66. The van der Waals surface area contributed by atoms with Crippen LogP contribution in [0.1, 0.15) is 6.42 Å². The number of aliphatic hydroxyl groups excluding tert-OH is 3. The van der Waals surface area contributed by atoms with E-state index in [-0.39, 0.29) is 0 Å². The molecule has 0 aromatic heterocycles. The summed E-state index contributed by atoms with van der Waals surface area (Å²) in [6.07, 6.45) is -3.87. The second-order valence-corrected chi connectivity index (χ2v) is 2.75. The number of carboxylic acids is 1. The Bertz CT molecular complexity index is 182. The van der Waals surface area contributed by atoms with E-state index in [1.165, 1.54) is 0 Å². The first-order chi connectivity index (χ1) is 5.81. The van der Waals surface area contributed by atoms with Crippen LogP contribution in [-0.2, 0) is 4.79 Å². The van der Waals surface area contributed by atoms with Crippen molar-refractivity contribution in [3.63, 3.8) is 0 Å². The number of aliphatic carboxylic acids is 1. The highest BCUT2D eigenvalue weighted by Gasteiger charge is 2.35. The Morgan fingerprint density at radius 1 is 1.38 bits per heavy atom. The quantitative estimate of drug-likeness (QED) is 0.254. The Morgan fingerprint density at radius 3 is 2.15 bits per heavy atom. The molecule has 0 saturated heterocycles. The molecular weight excluding hydrogens is 182 g/mol. The van der Waals surface area contributed by atoms with E-state index in [1.54, 1.807) is 0 Å². The predicted octanol–water partition coefficient (Wildman–Crippen LogP) is -3.18. The van der Waals surface area contributed by atoms with E-state index in [0.717, 1.165) is 0 Å². The van der Waals surface area contributed by atoms with Crippen LogP contribution < -0.4 is 5.73 Å². The number of hydrogen-bond acceptors (Lipinski definition) is 6. The lowest BCUT2D eigenvalue weighted by Gasteiger charge is -2.23. The first-order valence-electron chi connectivity index (χ1n) is 3.53. The van der Waals surface area contributed by atoms with E-state index < -0.39 is 36.9 Å². The molecule has 7 nitrogen and oxygen atoms in total. The van der Waals surface area contributed by atoms with E-state index in [1.807, 2.05) is 0 Å². The predicted molar refractivity (Wildman–Crippen MR) is 40.5 cm³/mol. The van der Waals surface area contributed by atoms with Crippen LogP contribution in [0.15, 0.2) is 0 Å². The Kier molecular flexibility index (Phi) is 4.24. The molecule has 0 aliphatic heterocycles. The van der Waals surface area contributed by atoms with Gasteiger partial charge >= 0.3 is 5.97 Å². The van der Waals surface area contributed by atoms with Gasteiger partial charge in [-0.3, -0.25) is 5.73 Å². The van der Waals surface area contributed by atoms with Gasteiger partial charge in [0.25, 0.3) is 0 Å². The molecular formula is C6H13NO6. The van der Waals surface area contributed by atoms with E-state index in [9.17, 15) is 4.79 Å². The summed E-state index contributed by atoms with van der Waals surface area (Å²) in [6.45, 7) is -0.739. The van der Waals surface area contributed by atoms with Gasteiger partial charge in [0, 0.05) is 6.42 Å². The highest BCUT2D eigenvalue weighted by atomic mass is 16.4. The molecule has 0 aromatic carbocycles. The summed E-state index contributed by atoms with van der Waals surface area (Å²) in [4.78, 5) is 10.2. The third-order valence-electron chi connectivity index (χ3n) is 1.52. The Balaban J connectivity index is 4.19. The number of rotatable bonds is 5. The fourth-order valence-corrected chi connectivity index (χ4v) is 0.664. The lowest BCUT2D eigenvalue weighted by atomic mass is 10.0. The molecule has 0 radical (unpaired) electrons. The summed E-state index contributed by atoms with van der Waals surface area (Å²) in [5, 5.41) is 43.4. The molecule has 7 N–H and O–H groups in total. The number of carboxylic acid groups (broad SMARTS) is 1. The van der Waals surface area contributed by atoms with Gasteiger partial charge in [0.2, 0.25) is 5.72 Å². The zero-order valence-corrected chi connectivity index (χ0v) is 6.79. The smallest absolute Gasteiger partial charge is 0.351 e. The fraction of sp³-hybridized carbons (Fsp3) is 0.833. The lowest BCUT2D eigenvalue weighted by Crippen LogP contribution is -2.52. The van der Waals surface area contributed by atoms with E-state index in [4.69, 9.17) is 31.3 Å². The molecule has 3 atom stereocenters. The van der Waals surface area contributed by atoms with Gasteiger partial charge < -0.3 is 25.5 Å². The van der Waals surface area contributed by atoms with Gasteiger partial charge in [-0.2, -0.15) is 0 Å². The summed E-state index contributed by atoms with van der Waals surface area (Å²) in [6, 6.07) is 0. The Hall–Kier alpha value is -0.730. The molecule has 0 fully saturated rings. The molecule has 78 valence electrons. The molecule has 13 heavy (non-hydrogen) atoms. The maximum Gasteiger partial charge on any atom is 0.351 e.